The molecule has 1 saturated carbocycles. The number of rotatable bonds is 3. The minimum absolute atomic E-state index is 0. The zero-order valence-electron chi connectivity index (χ0n) is 17.2. The van der Waals surface area contributed by atoms with Crippen molar-refractivity contribution in [2.24, 2.45) is 5.92 Å². The molecule has 7 nitrogen and oxygen atoms in total. The number of aliphatic hydroxyl groups is 1. The van der Waals surface area contributed by atoms with E-state index >= 15 is 8.78 Å². The van der Waals surface area contributed by atoms with Crippen LogP contribution in [0.25, 0.3) is 10.9 Å². The maximum Gasteiger partial charge on any atom is 0.341 e. The molecule has 10 heteroatoms. The second kappa shape index (κ2) is 7.40. The average molecular weight is 468 g/mol. The molecule has 0 bridgehead atoms. The van der Waals surface area contributed by atoms with E-state index in [1.807, 2.05) is 0 Å². The smallest absolute Gasteiger partial charge is 0.341 e. The third-order valence-electron chi connectivity index (χ3n) is 7.51. The molecule has 3 saturated heterocycles. The van der Waals surface area contributed by atoms with Crippen molar-refractivity contribution in [3.63, 3.8) is 0 Å². The number of carbonyl (C=O) groups is 1. The predicted octanol–water partition coefficient (Wildman–Crippen LogP) is 2.38. The van der Waals surface area contributed by atoms with Gasteiger partial charge in [-0.2, -0.15) is 0 Å². The molecule has 4 aliphatic rings. The topological polar surface area (TPSA) is 86.0 Å². The molecule has 172 valence electrons. The van der Waals surface area contributed by atoms with Crippen molar-refractivity contribution in [2.45, 2.75) is 49.9 Å². The number of nitrogens with zero attached hydrogens (tertiary/aromatic N) is 3. The van der Waals surface area contributed by atoms with E-state index in [9.17, 15) is 19.8 Å². The van der Waals surface area contributed by atoms with Gasteiger partial charge in [0.05, 0.1) is 17.0 Å². The molecule has 1 aromatic carbocycles. The lowest BCUT2D eigenvalue weighted by molar-refractivity contribution is 0.0694. The van der Waals surface area contributed by atoms with Crippen LogP contribution in [0.15, 0.2) is 17.1 Å². The van der Waals surface area contributed by atoms with Gasteiger partial charge in [0, 0.05) is 44.0 Å². The first-order valence-corrected chi connectivity index (χ1v) is 10.8. The molecule has 3 aliphatic heterocycles. The Labute approximate surface area is 188 Å². The summed E-state index contributed by atoms with van der Waals surface area (Å²) >= 11 is 0. The minimum Gasteiger partial charge on any atom is -0.477 e. The van der Waals surface area contributed by atoms with Gasteiger partial charge in [-0.05, 0) is 37.7 Å². The zero-order chi connectivity index (χ0) is 21.6. The zero-order valence-corrected chi connectivity index (χ0v) is 18.0. The van der Waals surface area contributed by atoms with Crippen molar-refractivity contribution in [1.29, 1.82) is 0 Å². The van der Waals surface area contributed by atoms with E-state index in [4.69, 9.17) is 0 Å². The van der Waals surface area contributed by atoms with Crippen molar-refractivity contribution < 1.29 is 23.8 Å². The summed E-state index contributed by atoms with van der Waals surface area (Å²) in [6.45, 7) is 1.59. The highest BCUT2D eigenvalue weighted by atomic mass is 35.5. The summed E-state index contributed by atoms with van der Waals surface area (Å²) in [5, 5.41) is 19.1. The molecule has 4 unspecified atom stereocenters. The normalized spacial score (nSPS) is 29.3. The number of carboxylic acids is 1. The van der Waals surface area contributed by atoms with Crippen LogP contribution >= 0.6 is 12.4 Å². The SMILES string of the molecule is Cl.O=C(O)c1cn(C2CC2)c2c(F)c(N3CC4CC5CC(O)CN5C4C3)c(F)cc2c1=O. The van der Waals surface area contributed by atoms with Crippen LogP contribution < -0.4 is 10.3 Å². The lowest BCUT2D eigenvalue weighted by Gasteiger charge is -2.26. The highest BCUT2D eigenvalue weighted by molar-refractivity contribution is 5.94. The van der Waals surface area contributed by atoms with Crippen LogP contribution in [0.2, 0.25) is 0 Å². The predicted molar refractivity (Wildman–Crippen MR) is 116 cm³/mol. The molecule has 4 atom stereocenters. The van der Waals surface area contributed by atoms with Gasteiger partial charge < -0.3 is 19.7 Å². The Morgan fingerprint density at radius 3 is 2.53 bits per heavy atom. The molecule has 1 aromatic heterocycles. The van der Waals surface area contributed by atoms with E-state index in [0.29, 0.717) is 25.7 Å². The van der Waals surface area contributed by atoms with Crippen LogP contribution in [-0.2, 0) is 0 Å². The van der Waals surface area contributed by atoms with Gasteiger partial charge in [-0.3, -0.25) is 9.69 Å². The van der Waals surface area contributed by atoms with Gasteiger partial charge in [0.1, 0.15) is 17.1 Å². The van der Waals surface area contributed by atoms with E-state index in [2.05, 4.69) is 4.90 Å². The molecule has 6 rings (SSSR count). The van der Waals surface area contributed by atoms with Gasteiger partial charge in [-0.25, -0.2) is 13.6 Å². The molecular weight excluding hydrogens is 444 g/mol. The van der Waals surface area contributed by atoms with E-state index in [-0.39, 0.29) is 53.1 Å². The molecule has 0 amide bonds. The summed E-state index contributed by atoms with van der Waals surface area (Å²) in [5.74, 6) is -2.76. The number of aliphatic hydroxyl groups excluding tert-OH is 1. The minimum atomic E-state index is -1.40. The first-order chi connectivity index (χ1) is 14.8. The number of fused-ring (bicyclic) bond motifs is 4. The monoisotopic (exact) mass is 467 g/mol. The van der Waals surface area contributed by atoms with Gasteiger partial charge in [-0.1, -0.05) is 0 Å². The van der Waals surface area contributed by atoms with Crippen molar-refractivity contribution in [2.75, 3.05) is 24.5 Å². The van der Waals surface area contributed by atoms with E-state index in [1.54, 1.807) is 4.90 Å². The molecule has 0 spiro atoms. The van der Waals surface area contributed by atoms with Crippen LogP contribution in [0.4, 0.5) is 14.5 Å². The Kier molecular flexibility index (Phi) is 4.99. The van der Waals surface area contributed by atoms with Crippen molar-refractivity contribution >= 4 is 35.0 Å². The highest BCUT2D eigenvalue weighted by Crippen LogP contribution is 2.44. The third kappa shape index (κ3) is 3.05. The maximum atomic E-state index is 15.8. The van der Waals surface area contributed by atoms with Gasteiger partial charge in [0.25, 0.3) is 0 Å². The van der Waals surface area contributed by atoms with Crippen LogP contribution in [0.5, 0.6) is 0 Å². The number of hydrogen-bond donors (Lipinski definition) is 2. The van der Waals surface area contributed by atoms with Crippen molar-refractivity contribution in [3.8, 4) is 0 Å². The fourth-order valence-electron chi connectivity index (χ4n) is 6.06. The van der Waals surface area contributed by atoms with E-state index in [1.165, 1.54) is 10.8 Å². The van der Waals surface area contributed by atoms with Crippen molar-refractivity contribution in [3.05, 3.63) is 39.7 Å². The number of halogens is 3. The number of anilines is 1. The Morgan fingerprint density at radius 1 is 1.09 bits per heavy atom. The van der Waals surface area contributed by atoms with Crippen LogP contribution in [0.3, 0.4) is 0 Å². The summed E-state index contributed by atoms with van der Waals surface area (Å²) in [4.78, 5) is 28.1. The molecule has 4 heterocycles. The average Bonchev–Trinajstić information content (AvgIpc) is 3.28. The molecule has 2 N–H and O–H groups in total. The lowest BCUT2D eigenvalue weighted by Crippen LogP contribution is -2.37. The van der Waals surface area contributed by atoms with E-state index in [0.717, 1.165) is 31.7 Å². The number of hydrogen-bond acceptors (Lipinski definition) is 5. The summed E-state index contributed by atoms with van der Waals surface area (Å²) in [5.41, 5.74) is -1.49. The second-order valence-electron chi connectivity index (χ2n) is 9.44. The summed E-state index contributed by atoms with van der Waals surface area (Å²) < 4.78 is 32.5. The number of pyridine rings is 1. The van der Waals surface area contributed by atoms with Crippen LogP contribution in [0.1, 0.15) is 42.1 Å². The summed E-state index contributed by atoms with van der Waals surface area (Å²) in [6.07, 6.45) is 4.04. The highest BCUT2D eigenvalue weighted by Gasteiger charge is 2.50. The fourth-order valence-corrected chi connectivity index (χ4v) is 6.06. The van der Waals surface area contributed by atoms with Crippen LogP contribution in [-0.4, -0.2) is 63.5 Å². The van der Waals surface area contributed by atoms with Gasteiger partial charge in [0.2, 0.25) is 5.43 Å². The first kappa shape index (κ1) is 21.6. The van der Waals surface area contributed by atoms with Gasteiger partial charge in [-0.15, -0.1) is 12.4 Å². The third-order valence-corrected chi connectivity index (χ3v) is 7.51. The number of carboxylic acid groups (broad SMARTS) is 1. The Bertz CT molecular complexity index is 1180. The van der Waals surface area contributed by atoms with Crippen molar-refractivity contribution in [1.82, 2.24) is 9.47 Å². The second-order valence-corrected chi connectivity index (χ2v) is 9.44. The summed E-state index contributed by atoms with van der Waals surface area (Å²) in [7, 11) is 0. The lowest BCUT2D eigenvalue weighted by atomic mass is 10.00. The molecule has 4 fully saturated rings. The number of aromatic nitrogens is 1. The molecule has 32 heavy (non-hydrogen) atoms. The quantitative estimate of drug-likeness (QED) is 0.721. The molecule has 0 radical (unpaired) electrons. The molecule has 2 aromatic rings. The van der Waals surface area contributed by atoms with Crippen LogP contribution in [0, 0.1) is 17.6 Å². The Balaban J connectivity index is 0.00000216. The maximum absolute atomic E-state index is 15.8. The van der Waals surface area contributed by atoms with Gasteiger partial charge >= 0.3 is 5.97 Å². The standard InChI is InChI=1S/C22H23F2N3O4.ClH/c23-16-5-14-19(27(11-1-2-11)8-15(21(14)29)22(30)31)18(24)20(16)25-6-10-3-12-4-13(28)7-26(12)17(10)9-25;/h5,8,10-13,17,28H,1-4,6-7,9H2,(H,30,31);1H. The fraction of sp³-hybridized carbons (Fsp3) is 0.545. The Hall–Kier alpha value is -2.23. The van der Waals surface area contributed by atoms with E-state index < -0.39 is 28.6 Å². The van der Waals surface area contributed by atoms with Gasteiger partial charge in [0.15, 0.2) is 5.82 Å². The Morgan fingerprint density at radius 2 is 1.84 bits per heavy atom. The molecular formula is C22H24ClF2N3O4. The summed E-state index contributed by atoms with van der Waals surface area (Å²) in [6, 6.07) is 1.40. The first-order valence-electron chi connectivity index (χ1n) is 10.8. The number of benzene rings is 1. The number of aromatic carboxylic acids is 1. The molecule has 1 aliphatic carbocycles. The largest absolute Gasteiger partial charge is 0.477 e.